The third kappa shape index (κ3) is 3.78. The van der Waals surface area contributed by atoms with Crippen LogP contribution in [0.25, 0.3) is 11.3 Å². The Kier molecular flexibility index (Phi) is 4.77. The zero-order chi connectivity index (χ0) is 18.8. The van der Waals surface area contributed by atoms with Crippen LogP contribution < -0.4 is 10.2 Å². The second-order valence-electron chi connectivity index (χ2n) is 6.37. The maximum Gasteiger partial charge on any atom is 0.228 e. The largest absolute Gasteiger partial charge is 0.359 e. The van der Waals surface area contributed by atoms with Crippen LogP contribution in [0.15, 0.2) is 47.1 Å². The van der Waals surface area contributed by atoms with Gasteiger partial charge in [-0.2, -0.15) is 4.98 Å². The third-order valence-electron chi connectivity index (χ3n) is 4.43. The number of anilines is 2. The molecule has 27 heavy (non-hydrogen) atoms. The summed E-state index contributed by atoms with van der Waals surface area (Å²) in [6, 6.07) is 10.8. The molecule has 3 heterocycles. The molecule has 0 spiro atoms. The van der Waals surface area contributed by atoms with Gasteiger partial charge in [-0.25, -0.2) is 4.98 Å². The minimum absolute atomic E-state index is 0.0931. The predicted molar refractivity (Wildman–Crippen MR) is 103 cm³/mol. The SMILES string of the molecule is C[C@H](Nc1nccc(N2CCCC2=O)n1)c1cc(-c2ccc(Cl)cc2)no1. The van der Waals surface area contributed by atoms with Crippen molar-refractivity contribution in [2.24, 2.45) is 0 Å². The molecule has 1 saturated heterocycles. The summed E-state index contributed by atoms with van der Waals surface area (Å²) in [6.07, 6.45) is 3.06. The summed E-state index contributed by atoms with van der Waals surface area (Å²) in [5, 5.41) is 7.99. The van der Waals surface area contributed by atoms with Crippen molar-refractivity contribution in [3.63, 3.8) is 0 Å². The topological polar surface area (TPSA) is 84.2 Å². The molecule has 1 fully saturated rings. The van der Waals surface area contributed by atoms with Crippen LogP contribution in [-0.4, -0.2) is 27.6 Å². The first kappa shape index (κ1) is 17.5. The Hall–Kier alpha value is -2.93. The summed E-state index contributed by atoms with van der Waals surface area (Å²) in [4.78, 5) is 22.3. The summed E-state index contributed by atoms with van der Waals surface area (Å²) in [7, 11) is 0. The van der Waals surface area contributed by atoms with Crippen LogP contribution in [0.1, 0.15) is 31.6 Å². The number of aromatic nitrogens is 3. The first-order valence-corrected chi connectivity index (χ1v) is 9.10. The molecule has 1 atom stereocenters. The zero-order valence-corrected chi connectivity index (χ0v) is 15.5. The van der Waals surface area contributed by atoms with E-state index in [-0.39, 0.29) is 11.9 Å². The Bertz CT molecular complexity index is 957. The van der Waals surface area contributed by atoms with Crippen molar-refractivity contribution in [1.29, 1.82) is 0 Å². The Labute approximate surface area is 161 Å². The lowest BCUT2D eigenvalue weighted by atomic mass is 10.1. The summed E-state index contributed by atoms with van der Waals surface area (Å²) in [5.41, 5.74) is 1.65. The van der Waals surface area contributed by atoms with E-state index in [9.17, 15) is 4.79 Å². The van der Waals surface area contributed by atoms with Crippen molar-refractivity contribution in [1.82, 2.24) is 15.1 Å². The number of hydrogen-bond acceptors (Lipinski definition) is 6. The van der Waals surface area contributed by atoms with Gasteiger partial charge in [-0.15, -0.1) is 0 Å². The Balaban J connectivity index is 1.49. The van der Waals surface area contributed by atoms with Crippen LogP contribution in [0.5, 0.6) is 0 Å². The second kappa shape index (κ2) is 7.36. The molecule has 1 aliphatic heterocycles. The van der Waals surface area contributed by atoms with Gasteiger partial charge in [0.25, 0.3) is 0 Å². The highest BCUT2D eigenvalue weighted by atomic mass is 35.5. The highest BCUT2D eigenvalue weighted by molar-refractivity contribution is 6.30. The number of benzene rings is 1. The molecule has 0 saturated carbocycles. The molecule has 1 amide bonds. The lowest BCUT2D eigenvalue weighted by molar-refractivity contribution is -0.117. The van der Waals surface area contributed by atoms with Gasteiger partial charge in [0.2, 0.25) is 11.9 Å². The summed E-state index contributed by atoms with van der Waals surface area (Å²) in [5.74, 6) is 1.80. The molecule has 1 aliphatic rings. The molecule has 1 aromatic carbocycles. The van der Waals surface area contributed by atoms with Gasteiger partial charge in [0.05, 0.1) is 6.04 Å². The van der Waals surface area contributed by atoms with Crippen molar-refractivity contribution in [3.05, 3.63) is 53.4 Å². The molecule has 2 aromatic heterocycles. The molecule has 138 valence electrons. The van der Waals surface area contributed by atoms with E-state index >= 15 is 0 Å². The highest BCUT2D eigenvalue weighted by Gasteiger charge is 2.23. The number of hydrogen-bond donors (Lipinski definition) is 1. The Morgan fingerprint density at radius 2 is 2.07 bits per heavy atom. The lowest BCUT2D eigenvalue weighted by Crippen LogP contribution is -2.25. The number of amides is 1. The molecule has 7 nitrogen and oxygen atoms in total. The molecule has 1 N–H and O–H groups in total. The minimum atomic E-state index is -0.192. The second-order valence-corrected chi connectivity index (χ2v) is 6.81. The van der Waals surface area contributed by atoms with Crippen LogP contribution in [-0.2, 0) is 4.79 Å². The van der Waals surface area contributed by atoms with Crippen LogP contribution in [0, 0.1) is 0 Å². The van der Waals surface area contributed by atoms with E-state index in [4.69, 9.17) is 16.1 Å². The monoisotopic (exact) mass is 383 g/mol. The highest BCUT2D eigenvalue weighted by Crippen LogP contribution is 2.26. The first-order chi connectivity index (χ1) is 13.1. The van der Waals surface area contributed by atoms with Gasteiger partial charge in [0.15, 0.2) is 5.76 Å². The van der Waals surface area contributed by atoms with Crippen LogP contribution in [0.3, 0.4) is 0 Å². The van der Waals surface area contributed by atoms with Gasteiger partial charge in [0, 0.05) is 35.8 Å². The van der Waals surface area contributed by atoms with Crippen LogP contribution in [0.4, 0.5) is 11.8 Å². The van der Waals surface area contributed by atoms with Gasteiger partial charge in [-0.05, 0) is 31.5 Å². The zero-order valence-electron chi connectivity index (χ0n) is 14.7. The standard InChI is InChI=1S/C19H18ClN5O2/c1-12(16-11-15(24-27-16)13-4-6-14(20)7-5-13)22-19-21-9-8-17(23-19)25-10-2-3-18(25)26/h4-9,11-12H,2-3,10H2,1H3,(H,21,22,23)/t12-/m0/s1. The first-order valence-electron chi connectivity index (χ1n) is 8.72. The molecular weight excluding hydrogens is 366 g/mol. The number of halogens is 1. The molecule has 0 bridgehead atoms. The number of carbonyl (C=O) groups excluding carboxylic acids is 1. The van der Waals surface area contributed by atoms with E-state index < -0.39 is 0 Å². The van der Waals surface area contributed by atoms with Crippen LogP contribution in [0.2, 0.25) is 5.02 Å². The molecular formula is C19H18ClN5O2. The normalized spacial score (nSPS) is 15.2. The molecule has 8 heteroatoms. The van der Waals surface area contributed by atoms with Crippen molar-refractivity contribution in [2.45, 2.75) is 25.8 Å². The van der Waals surface area contributed by atoms with Gasteiger partial charge < -0.3 is 9.84 Å². The fourth-order valence-corrected chi connectivity index (χ4v) is 3.10. The predicted octanol–water partition coefficient (Wildman–Crippen LogP) is 4.08. The number of nitrogens with one attached hydrogen (secondary N) is 1. The van der Waals surface area contributed by atoms with Crippen molar-refractivity contribution >= 4 is 29.3 Å². The van der Waals surface area contributed by atoms with E-state index in [0.717, 1.165) is 17.7 Å². The van der Waals surface area contributed by atoms with Crippen molar-refractivity contribution in [2.75, 3.05) is 16.8 Å². The van der Waals surface area contributed by atoms with E-state index in [1.54, 1.807) is 17.2 Å². The average Bonchev–Trinajstić information content (AvgIpc) is 3.32. The fraction of sp³-hybridized carbons (Fsp3) is 0.263. The van der Waals surface area contributed by atoms with E-state index in [0.29, 0.717) is 35.5 Å². The van der Waals surface area contributed by atoms with E-state index in [1.165, 1.54) is 0 Å². The average molecular weight is 384 g/mol. The number of carbonyl (C=O) groups is 1. The van der Waals surface area contributed by atoms with Gasteiger partial charge in [-0.1, -0.05) is 28.9 Å². The summed E-state index contributed by atoms with van der Waals surface area (Å²) < 4.78 is 5.46. The lowest BCUT2D eigenvalue weighted by Gasteiger charge is -2.16. The van der Waals surface area contributed by atoms with Crippen molar-refractivity contribution < 1.29 is 9.32 Å². The Morgan fingerprint density at radius 3 is 2.81 bits per heavy atom. The van der Waals surface area contributed by atoms with E-state index in [2.05, 4.69) is 20.4 Å². The number of rotatable bonds is 5. The molecule has 4 rings (SSSR count). The molecule has 0 unspecified atom stereocenters. The molecule has 0 radical (unpaired) electrons. The van der Waals surface area contributed by atoms with Crippen LogP contribution >= 0.6 is 11.6 Å². The Morgan fingerprint density at radius 1 is 1.26 bits per heavy atom. The smallest absolute Gasteiger partial charge is 0.228 e. The van der Waals surface area contributed by atoms with Crippen molar-refractivity contribution in [3.8, 4) is 11.3 Å². The molecule has 0 aliphatic carbocycles. The maximum absolute atomic E-state index is 11.9. The fourth-order valence-electron chi connectivity index (χ4n) is 2.97. The molecule has 3 aromatic rings. The van der Waals surface area contributed by atoms with Gasteiger partial charge in [0.1, 0.15) is 11.5 Å². The number of nitrogens with zero attached hydrogens (tertiary/aromatic N) is 4. The van der Waals surface area contributed by atoms with E-state index in [1.807, 2.05) is 37.3 Å². The maximum atomic E-state index is 11.9. The van der Waals surface area contributed by atoms with Gasteiger partial charge in [-0.3, -0.25) is 9.69 Å². The van der Waals surface area contributed by atoms with Gasteiger partial charge >= 0.3 is 0 Å². The summed E-state index contributed by atoms with van der Waals surface area (Å²) in [6.45, 7) is 2.63. The third-order valence-corrected chi connectivity index (χ3v) is 4.68. The summed E-state index contributed by atoms with van der Waals surface area (Å²) >= 11 is 5.92. The quantitative estimate of drug-likeness (QED) is 0.714. The minimum Gasteiger partial charge on any atom is -0.359 e.